The number of Topliss-reactive ketones (excluding diaryl/α,β-unsaturated/α-hetero) is 1. The predicted octanol–water partition coefficient (Wildman–Crippen LogP) is 6.10. The number of fused-ring (bicyclic) bond motifs is 1. The van der Waals surface area contributed by atoms with Gasteiger partial charge in [-0.05, 0) is 68.5 Å². The molecular formula is C38H42F4N8O4. The minimum Gasteiger partial charge on any atom is -0.356 e. The van der Waals surface area contributed by atoms with Crippen LogP contribution in [-0.2, 0) is 33.5 Å². The fourth-order valence-corrected chi connectivity index (χ4v) is 6.48. The fourth-order valence-electron chi connectivity index (χ4n) is 6.48. The number of hydrogen-bond acceptors (Lipinski definition) is 8. The van der Waals surface area contributed by atoms with E-state index in [0.717, 1.165) is 28.2 Å². The van der Waals surface area contributed by atoms with Crippen molar-refractivity contribution in [3.8, 4) is 11.1 Å². The molecule has 0 aliphatic carbocycles. The van der Waals surface area contributed by atoms with Gasteiger partial charge in [0.15, 0.2) is 5.78 Å². The summed E-state index contributed by atoms with van der Waals surface area (Å²) in [5, 5.41) is 10.0. The first kappa shape index (κ1) is 39.7. The Balaban J connectivity index is 1.52. The van der Waals surface area contributed by atoms with Gasteiger partial charge in [0.2, 0.25) is 17.7 Å². The molecule has 4 heterocycles. The second-order valence-electron chi connectivity index (χ2n) is 13.5. The molecule has 12 nitrogen and oxygen atoms in total. The van der Waals surface area contributed by atoms with Crippen molar-refractivity contribution in [2.45, 2.75) is 91.2 Å². The molecule has 1 aliphatic rings. The number of rotatable bonds is 13. The van der Waals surface area contributed by atoms with Crippen LogP contribution in [0.5, 0.6) is 0 Å². The van der Waals surface area contributed by atoms with Crippen LogP contribution in [0.2, 0.25) is 0 Å². The first-order chi connectivity index (χ1) is 25.5. The van der Waals surface area contributed by atoms with E-state index in [2.05, 4.69) is 30.7 Å². The molecule has 3 amide bonds. The van der Waals surface area contributed by atoms with Gasteiger partial charge >= 0.3 is 6.18 Å². The summed E-state index contributed by atoms with van der Waals surface area (Å²) in [6, 6.07) is 4.14. The summed E-state index contributed by atoms with van der Waals surface area (Å²) < 4.78 is 58.4. The Hall–Kier alpha value is -5.54. The zero-order chi connectivity index (χ0) is 39.4. The standard InChI is InChI=1S/C38H42F4N8O4/c1-6-8-10-25-15-26(27-18-44-24(5)45-19-27)16-28-33(23(4)51)48-50(34(25)28)20-32(53)49-21-37(39,13-14-43-31(52)9-7-2)17-29(49)36(54)47-35-22(3)11-12-30(46-35)38(40,41)42/h6,8,11-12,15-16,18-19,29H,7,9-10,13-14,17,20-21H2,1-5H3,(H,43,52)(H,46,47,54)/b8-6-/t29-,37+/m0/s1. The highest BCUT2D eigenvalue weighted by molar-refractivity contribution is 6.07. The van der Waals surface area contributed by atoms with E-state index in [0.29, 0.717) is 35.1 Å². The van der Waals surface area contributed by atoms with Crippen LogP contribution >= 0.6 is 0 Å². The lowest BCUT2D eigenvalue weighted by molar-refractivity contribution is -0.141. The van der Waals surface area contributed by atoms with Crippen LogP contribution in [0.25, 0.3) is 22.0 Å². The van der Waals surface area contributed by atoms with Crippen molar-refractivity contribution in [3.63, 3.8) is 0 Å². The monoisotopic (exact) mass is 750 g/mol. The molecule has 0 bridgehead atoms. The number of hydrogen-bond donors (Lipinski definition) is 2. The van der Waals surface area contributed by atoms with Gasteiger partial charge in [-0.15, -0.1) is 0 Å². The maximum Gasteiger partial charge on any atom is 0.433 e. The van der Waals surface area contributed by atoms with Gasteiger partial charge in [-0.25, -0.2) is 19.3 Å². The van der Waals surface area contributed by atoms with Gasteiger partial charge in [0.25, 0.3) is 0 Å². The van der Waals surface area contributed by atoms with Crippen LogP contribution in [0.4, 0.5) is 23.4 Å². The van der Waals surface area contributed by atoms with Crippen molar-refractivity contribution in [2.24, 2.45) is 0 Å². The summed E-state index contributed by atoms with van der Waals surface area (Å²) in [4.78, 5) is 66.2. The number of carbonyl (C=O) groups is 4. The maximum absolute atomic E-state index is 16.6. The summed E-state index contributed by atoms with van der Waals surface area (Å²) in [5.41, 5.74) is -0.421. The molecule has 2 N–H and O–H groups in total. The van der Waals surface area contributed by atoms with Crippen LogP contribution in [0.15, 0.2) is 48.8 Å². The number of ketones is 1. The average molecular weight is 751 g/mol. The van der Waals surface area contributed by atoms with Gasteiger partial charge in [0, 0.05) is 56.1 Å². The number of amides is 3. The number of aromatic nitrogens is 5. The van der Waals surface area contributed by atoms with E-state index in [1.165, 1.54) is 18.5 Å². The lowest BCUT2D eigenvalue weighted by Gasteiger charge is -2.24. The Morgan fingerprint density at radius 3 is 2.44 bits per heavy atom. The van der Waals surface area contributed by atoms with Crippen LogP contribution in [-0.4, -0.2) is 77.9 Å². The molecule has 3 aromatic heterocycles. The van der Waals surface area contributed by atoms with Gasteiger partial charge in [0.05, 0.1) is 12.1 Å². The third kappa shape index (κ3) is 8.97. The zero-order valence-electron chi connectivity index (χ0n) is 30.7. The highest BCUT2D eigenvalue weighted by Gasteiger charge is 2.49. The SMILES string of the molecule is C/C=C\Cc1cc(-c2cnc(C)nc2)cc2c(C(C)=O)nn(CC(=O)N3C[C@@](F)(CCNC(=O)CCC)C[C@H]3C(=O)Nc3nc(C(F)(F)F)ccc3C)c12. The van der Waals surface area contributed by atoms with Crippen LogP contribution in [0, 0.1) is 13.8 Å². The molecule has 0 unspecified atom stereocenters. The van der Waals surface area contributed by atoms with Gasteiger partial charge < -0.3 is 15.5 Å². The van der Waals surface area contributed by atoms with E-state index in [9.17, 15) is 32.3 Å². The summed E-state index contributed by atoms with van der Waals surface area (Å²) in [7, 11) is 0. The lowest BCUT2D eigenvalue weighted by atomic mass is 9.98. The minimum absolute atomic E-state index is 0.0611. The number of nitrogens with one attached hydrogen (secondary N) is 2. The third-order valence-electron chi connectivity index (χ3n) is 9.24. The predicted molar refractivity (Wildman–Crippen MR) is 193 cm³/mol. The number of pyridine rings is 1. The second kappa shape index (κ2) is 16.2. The molecule has 5 rings (SSSR count). The number of halogens is 4. The van der Waals surface area contributed by atoms with Gasteiger partial charge in [-0.1, -0.05) is 25.1 Å². The molecule has 0 saturated carbocycles. The molecular weight excluding hydrogens is 708 g/mol. The summed E-state index contributed by atoms with van der Waals surface area (Å²) in [6.07, 6.45) is 2.82. The van der Waals surface area contributed by atoms with Gasteiger partial charge in [0.1, 0.15) is 41.3 Å². The van der Waals surface area contributed by atoms with Crippen molar-refractivity contribution in [1.29, 1.82) is 0 Å². The molecule has 286 valence electrons. The Kier molecular flexibility index (Phi) is 11.9. The molecule has 2 atom stereocenters. The summed E-state index contributed by atoms with van der Waals surface area (Å²) >= 11 is 0. The molecule has 1 aromatic carbocycles. The number of nitrogens with zero attached hydrogens (tertiary/aromatic N) is 6. The molecule has 1 saturated heterocycles. The first-order valence-electron chi connectivity index (χ1n) is 17.6. The van der Waals surface area contributed by atoms with Gasteiger partial charge in [-0.3, -0.25) is 23.9 Å². The van der Waals surface area contributed by atoms with E-state index < -0.39 is 54.9 Å². The van der Waals surface area contributed by atoms with E-state index in [1.807, 2.05) is 32.1 Å². The van der Waals surface area contributed by atoms with Crippen molar-refractivity contribution in [3.05, 3.63) is 77.2 Å². The van der Waals surface area contributed by atoms with E-state index in [4.69, 9.17) is 0 Å². The number of aryl methyl sites for hydroxylation is 2. The number of alkyl halides is 4. The normalized spacial score (nSPS) is 17.4. The van der Waals surface area contributed by atoms with Crippen LogP contribution in [0.3, 0.4) is 0 Å². The smallest absolute Gasteiger partial charge is 0.356 e. The number of benzene rings is 1. The first-order valence-corrected chi connectivity index (χ1v) is 17.6. The third-order valence-corrected chi connectivity index (χ3v) is 9.24. The quantitative estimate of drug-likeness (QED) is 0.0946. The Labute approximate surface area is 309 Å². The van der Waals surface area contributed by atoms with E-state index >= 15 is 4.39 Å². The molecule has 54 heavy (non-hydrogen) atoms. The van der Waals surface area contributed by atoms with Crippen LogP contribution < -0.4 is 10.6 Å². The van der Waals surface area contributed by atoms with E-state index in [-0.39, 0.29) is 48.2 Å². The Morgan fingerprint density at radius 1 is 1.07 bits per heavy atom. The van der Waals surface area contributed by atoms with Crippen molar-refractivity contribution < 1.29 is 36.7 Å². The topological polar surface area (TPSA) is 152 Å². The maximum atomic E-state index is 16.6. The molecule has 0 radical (unpaired) electrons. The summed E-state index contributed by atoms with van der Waals surface area (Å²) in [6.45, 7) is 7.15. The van der Waals surface area contributed by atoms with E-state index in [1.54, 1.807) is 25.4 Å². The molecule has 1 aliphatic heterocycles. The van der Waals surface area contributed by atoms with Crippen molar-refractivity contribution in [2.75, 3.05) is 18.4 Å². The van der Waals surface area contributed by atoms with Crippen molar-refractivity contribution in [1.82, 2.24) is 34.9 Å². The number of carbonyl (C=O) groups excluding carboxylic acids is 4. The zero-order valence-corrected chi connectivity index (χ0v) is 30.7. The second-order valence-corrected chi connectivity index (χ2v) is 13.5. The fraction of sp³-hybridized carbons (Fsp3) is 0.421. The Morgan fingerprint density at radius 2 is 1.80 bits per heavy atom. The van der Waals surface area contributed by atoms with Gasteiger partial charge in [-0.2, -0.15) is 18.3 Å². The summed E-state index contributed by atoms with van der Waals surface area (Å²) in [5.74, 6) is -2.08. The number of anilines is 1. The largest absolute Gasteiger partial charge is 0.433 e. The highest BCUT2D eigenvalue weighted by Crippen LogP contribution is 2.36. The molecule has 16 heteroatoms. The Bertz CT molecular complexity index is 2100. The number of likely N-dealkylation sites (tertiary alicyclic amines) is 1. The molecule has 0 spiro atoms. The van der Waals surface area contributed by atoms with Crippen molar-refractivity contribution >= 4 is 40.2 Å². The molecule has 4 aromatic rings. The lowest BCUT2D eigenvalue weighted by Crippen LogP contribution is -2.45. The molecule has 1 fully saturated rings. The average Bonchev–Trinajstić information content (AvgIpc) is 3.66. The number of allylic oxidation sites excluding steroid dienone is 2. The minimum atomic E-state index is -4.79. The van der Waals surface area contributed by atoms with Crippen LogP contribution in [0.1, 0.15) is 79.6 Å². The highest BCUT2D eigenvalue weighted by atomic mass is 19.4.